The molecule has 2 rings (SSSR count). The van der Waals surface area contributed by atoms with Crippen molar-refractivity contribution in [1.82, 2.24) is 0 Å². The number of halogens is 1. The Kier molecular flexibility index (Phi) is 8.71. The molecular weight excluding hydrogens is 404 g/mol. The quantitative estimate of drug-likeness (QED) is 0.367. The van der Waals surface area contributed by atoms with Crippen LogP contribution < -0.4 is 9.47 Å². The van der Waals surface area contributed by atoms with Gasteiger partial charge in [-0.2, -0.15) is 0 Å². The van der Waals surface area contributed by atoms with E-state index in [-0.39, 0.29) is 6.10 Å². The van der Waals surface area contributed by atoms with E-state index in [0.29, 0.717) is 18.1 Å². The first-order valence-corrected chi connectivity index (χ1v) is 9.95. The van der Waals surface area contributed by atoms with Gasteiger partial charge in [-0.25, -0.2) is 0 Å². The van der Waals surface area contributed by atoms with E-state index in [1.54, 1.807) is 14.2 Å². The van der Waals surface area contributed by atoms with Crippen molar-refractivity contribution in [2.24, 2.45) is 0 Å². The maximum Gasteiger partial charge on any atom is 0.161 e. The summed E-state index contributed by atoms with van der Waals surface area (Å²) in [5.41, 5.74) is 3.28. The Morgan fingerprint density at radius 1 is 1.04 bits per heavy atom. The van der Waals surface area contributed by atoms with Crippen molar-refractivity contribution in [3.8, 4) is 23.3 Å². The third-order valence-corrected chi connectivity index (χ3v) is 4.96. The predicted octanol–water partition coefficient (Wildman–Crippen LogP) is 6.23. The van der Waals surface area contributed by atoms with E-state index in [2.05, 4.69) is 65.9 Å². The zero-order chi connectivity index (χ0) is 19.6. The molecule has 0 aliphatic rings. The first kappa shape index (κ1) is 21.3. The zero-order valence-corrected chi connectivity index (χ0v) is 18.1. The van der Waals surface area contributed by atoms with Crippen molar-refractivity contribution in [1.29, 1.82) is 0 Å². The Morgan fingerprint density at radius 3 is 2.33 bits per heavy atom. The predicted molar refractivity (Wildman–Crippen MR) is 113 cm³/mol. The molecule has 0 aliphatic carbocycles. The fourth-order valence-electron chi connectivity index (χ4n) is 2.57. The van der Waals surface area contributed by atoms with Crippen LogP contribution in [-0.4, -0.2) is 14.2 Å². The van der Waals surface area contributed by atoms with Gasteiger partial charge in [-0.15, -0.1) is 5.92 Å². The van der Waals surface area contributed by atoms with Crippen molar-refractivity contribution in [2.45, 2.75) is 45.8 Å². The van der Waals surface area contributed by atoms with E-state index in [1.165, 1.54) is 5.56 Å². The van der Waals surface area contributed by atoms with E-state index >= 15 is 0 Å². The summed E-state index contributed by atoms with van der Waals surface area (Å²) in [5, 5.41) is 0. The van der Waals surface area contributed by atoms with Gasteiger partial charge in [0.25, 0.3) is 0 Å². The second-order valence-corrected chi connectivity index (χ2v) is 7.18. The Morgan fingerprint density at radius 2 is 1.70 bits per heavy atom. The fraction of sp³-hybridized carbons (Fsp3) is 0.391. The van der Waals surface area contributed by atoms with Crippen molar-refractivity contribution in [3.05, 3.63) is 57.6 Å². The highest BCUT2D eigenvalue weighted by molar-refractivity contribution is 9.10. The van der Waals surface area contributed by atoms with Crippen LogP contribution in [0.1, 0.15) is 49.0 Å². The minimum atomic E-state index is -0.262. The lowest BCUT2D eigenvalue weighted by atomic mass is 10.1. The average Bonchev–Trinajstić information content (AvgIpc) is 2.68. The first-order chi connectivity index (χ1) is 13.1. The second-order valence-electron chi connectivity index (χ2n) is 6.32. The summed E-state index contributed by atoms with van der Waals surface area (Å²) in [6, 6.07) is 12.2. The molecule has 0 aromatic heterocycles. The van der Waals surface area contributed by atoms with Crippen LogP contribution in [0.25, 0.3) is 0 Å². The molecule has 0 N–H and O–H groups in total. The lowest BCUT2D eigenvalue weighted by Gasteiger charge is -2.16. The molecule has 3 nitrogen and oxygen atoms in total. The van der Waals surface area contributed by atoms with Gasteiger partial charge in [-0.05, 0) is 36.6 Å². The highest BCUT2D eigenvalue weighted by Gasteiger charge is 2.13. The molecule has 2 aromatic rings. The first-order valence-electron chi connectivity index (χ1n) is 9.16. The van der Waals surface area contributed by atoms with Gasteiger partial charge in [-0.1, -0.05) is 65.0 Å². The summed E-state index contributed by atoms with van der Waals surface area (Å²) < 4.78 is 17.8. The largest absolute Gasteiger partial charge is 0.493 e. The molecule has 27 heavy (non-hydrogen) atoms. The molecular formula is C23H27BrO3. The molecule has 0 saturated heterocycles. The normalized spacial score (nSPS) is 11.4. The van der Waals surface area contributed by atoms with E-state index in [1.807, 2.05) is 12.1 Å². The Labute approximate surface area is 171 Å². The zero-order valence-electron chi connectivity index (χ0n) is 16.5. The minimum absolute atomic E-state index is 0.262. The fourth-order valence-corrected chi connectivity index (χ4v) is 3.01. The van der Waals surface area contributed by atoms with Crippen LogP contribution in [0.4, 0.5) is 0 Å². The molecule has 0 radical (unpaired) electrons. The van der Waals surface area contributed by atoms with Crippen LogP contribution in [0.5, 0.6) is 11.5 Å². The number of hydrogen-bond donors (Lipinski definition) is 0. The molecule has 0 fully saturated rings. The third kappa shape index (κ3) is 6.30. The van der Waals surface area contributed by atoms with E-state index in [0.717, 1.165) is 34.9 Å². The molecule has 1 atom stereocenters. The summed E-state index contributed by atoms with van der Waals surface area (Å²) in [4.78, 5) is 0. The smallest absolute Gasteiger partial charge is 0.161 e. The SMILES string of the molecule is CCCCC#CC(OCc1cc(OC)c(OC)cc1Br)c1ccc(C)cc1. The van der Waals surface area contributed by atoms with Gasteiger partial charge in [0.05, 0.1) is 20.8 Å². The van der Waals surface area contributed by atoms with Crippen molar-refractivity contribution in [2.75, 3.05) is 14.2 Å². The van der Waals surface area contributed by atoms with E-state index < -0.39 is 0 Å². The lowest BCUT2D eigenvalue weighted by molar-refractivity contribution is 0.0775. The highest BCUT2D eigenvalue weighted by atomic mass is 79.9. The van der Waals surface area contributed by atoms with Crippen LogP contribution in [0.3, 0.4) is 0 Å². The van der Waals surface area contributed by atoms with Gasteiger partial charge in [0, 0.05) is 10.9 Å². The Bertz CT molecular complexity index is 788. The van der Waals surface area contributed by atoms with Gasteiger partial charge in [-0.3, -0.25) is 0 Å². The summed E-state index contributed by atoms with van der Waals surface area (Å²) in [7, 11) is 3.25. The molecule has 0 bridgehead atoms. The van der Waals surface area contributed by atoms with Crippen LogP contribution in [0, 0.1) is 18.8 Å². The molecule has 2 aromatic carbocycles. The number of hydrogen-bond acceptors (Lipinski definition) is 3. The third-order valence-electron chi connectivity index (χ3n) is 4.23. The molecule has 0 heterocycles. The number of unbranched alkanes of at least 4 members (excludes halogenated alkanes) is 2. The Hall–Kier alpha value is -1.96. The summed E-state index contributed by atoms with van der Waals surface area (Å²) in [5.74, 6) is 7.91. The highest BCUT2D eigenvalue weighted by Crippen LogP contribution is 2.34. The molecule has 0 saturated carbocycles. The van der Waals surface area contributed by atoms with Gasteiger partial charge in [0.2, 0.25) is 0 Å². The average molecular weight is 431 g/mol. The number of benzene rings is 2. The van der Waals surface area contributed by atoms with Gasteiger partial charge >= 0.3 is 0 Å². The van der Waals surface area contributed by atoms with Gasteiger partial charge in [0.15, 0.2) is 11.5 Å². The maximum atomic E-state index is 6.19. The van der Waals surface area contributed by atoms with E-state index in [4.69, 9.17) is 14.2 Å². The summed E-state index contributed by atoms with van der Waals surface area (Å²) in [6.07, 6.45) is 2.88. The van der Waals surface area contributed by atoms with Crippen molar-refractivity contribution < 1.29 is 14.2 Å². The molecule has 1 unspecified atom stereocenters. The van der Waals surface area contributed by atoms with Crippen LogP contribution in [0.15, 0.2) is 40.9 Å². The topological polar surface area (TPSA) is 27.7 Å². The summed E-state index contributed by atoms with van der Waals surface area (Å²) >= 11 is 3.59. The van der Waals surface area contributed by atoms with Crippen LogP contribution >= 0.6 is 15.9 Å². The van der Waals surface area contributed by atoms with E-state index in [9.17, 15) is 0 Å². The molecule has 0 spiro atoms. The van der Waals surface area contributed by atoms with Gasteiger partial charge in [0.1, 0.15) is 6.10 Å². The van der Waals surface area contributed by atoms with Crippen LogP contribution in [-0.2, 0) is 11.3 Å². The molecule has 4 heteroatoms. The Balaban J connectivity index is 2.19. The number of aryl methyl sites for hydroxylation is 1. The van der Waals surface area contributed by atoms with Gasteiger partial charge < -0.3 is 14.2 Å². The molecule has 0 aliphatic heterocycles. The van der Waals surface area contributed by atoms with Crippen molar-refractivity contribution in [3.63, 3.8) is 0 Å². The summed E-state index contributed by atoms with van der Waals surface area (Å²) in [6.45, 7) is 4.67. The second kappa shape index (κ2) is 11.0. The standard InChI is InChI=1S/C23H27BrO3/c1-5-6-7-8-9-21(18-12-10-17(2)11-13-18)27-16-19-14-22(25-3)23(26-4)15-20(19)24/h10-15,21H,5-7,16H2,1-4H3. The van der Waals surface area contributed by atoms with Crippen molar-refractivity contribution >= 4 is 15.9 Å². The molecule has 0 amide bonds. The number of rotatable bonds is 8. The number of ether oxygens (including phenoxy) is 3. The monoisotopic (exact) mass is 430 g/mol. The van der Waals surface area contributed by atoms with Crippen LogP contribution in [0.2, 0.25) is 0 Å². The number of methoxy groups -OCH3 is 2. The minimum Gasteiger partial charge on any atom is -0.493 e. The lowest BCUT2D eigenvalue weighted by Crippen LogP contribution is -2.04. The molecule has 144 valence electrons. The maximum absolute atomic E-state index is 6.19.